The topological polar surface area (TPSA) is 94.9 Å². The van der Waals surface area contributed by atoms with Crippen molar-refractivity contribution in [1.29, 1.82) is 10.5 Å². The van der Waals surface area contributed by atoms with Crippen molar-refractivity contribution in [3.05, 3.63) is 47.5 Å². The molecule has 1 heterocycles. The van der Waals surface area contributed by atoms with E-state index < -0.39 is 18.2 Å². The number of rotatable bonds is 4. The predicted octanol–water partition coefficient (Wildman–Crippen LogP) is 2.26. The molecule has 0 radical (unpaired) electrons. The molecule has 0 spiro atoms. The first-order valence-corrected chi connectivity index (χ1v) is 6.23. The normalized spacial score (nSPS) is 12.3. The van der Waals surface area contributed by atoms with Crippen LogP contribution in [0.4, 0.5) is 13.2 Å². The summed E-state index contributed by atoms with van der Waals surface area (Å²) in [5.74, 6) is -0.402. The number of aliphatic hydroxyl groups excluding tert-OH is 1. The highest BCUT2D eigenvalue weighted by atomic mass is 19.4. The first kappa shape index (κ1) is 16.3. The van der Waals surface area contributed by atoms with Gasteiger partial charge in [0.15, 0.2) is 11.4 Å². The number of alkyl halides is 3. The molecule has 9 heteroatoms. The molecule has 1 N–H and O–H groups in total. The highest BCUT2D eigenvalue weighted by Crippen LogP contribution is 2.25. The average molecular weight is 322 g/mol. The lowest BCUT2D eigenvalue weighted by Crippen LogP contribution is -2.17. The average Bonchev–Trinajstić information content (AvgIpc) is 2.88. The van der Waals surface area contributed by atoms with Gasteiger partial charge in [-0.25, -0.2) is 4.98 Å². The van der Waals surface area contributed by atoms with Crippen molar-refractivity contribution in [3.8, 4) is 17.9 Å². The standard InChI is InChI=1S/C14H9F3N4O2/c15-14(16,17)23-10-3-1-9(2-4-10)13(22)7-21-8-20-11(5-18)12(21)6-19/h1-4,8,13,22H,7H2. The smallest absolute Gasteiger partial charge is 0.406 e. The number of benzene rings is 1. The van der Waals surface area contributed by atoms with Crippen LogP contribution in [0.1, 0.15) is 23.1 Å². The monoisotopic (exact) mass is 322 g/mol. The van der Waals surface area contributed by atoms with Gasteiger partial charge in [0.25, 0.3) is 0 Å². The molecule has 6 nitrogen and oxygen atoms in total. The van der Waals surface area contributed by atoms with Gasteiger partial charge in [-0.15, -0.1) is 13.2 Å². The van der Waals surface area contributed by atoms with E-state index in [1.807, 2.05) is 6.07 Å². The molecule has 0 aliphatic rings. The van der Waals surface area contributed by atoms with Crippen LogP contribution in [0.2, 0.25) is 0 Å². The second kappa shape index (κ2) is 6.38. The number of hydrogen-bond donors (Lipinski definition) is 1. The zero-order valence-electron chi connectivity index (χ0n) is 11.4. The van der Waals surface area contributed by atoms with E-state index in [1.54, 1.807) is 6.07 Å². The maximum absolute atomic E-state index is 12.1. The molecule has 0 fully saturated rings. The molecule has 1 aromatic carbocycles. The number of ether oxygens (including phenoxy) is 1. The molecule has 2 rings (SSSR count). The lowest BCUT2D eigenvalue weighted by Gasteiger charge is -2.14. The SMILES string of the molecule is N#Cc1ncn(CC(O)c2ccc(OC(F)(F)F)cc2)c1C#N. The number of aromatic nitrogens is 2. The summed E-state index contributed by atoms with van der Waals surface area (Å²) in [4.78, 5) is 3.73. The summed E-state index contributed by atoms with van der Waals surface area (Å²) in [5.41, 5.74) is 0.271. The second-order valence-electron chi connectivity index (χ2n) is 4.45. The Bertz CT molecular complexity index is 769. The third-order valence-corrected chi connectivity index (χ3v) is 2.92. The van der Waals surface area contributed by atoms with Crippen molar-refractivity contribution >= 4 is 0 Å². The minimum atomic E-state index is -4.79. The van der Waals surface area contributed by atoms with Crippen molar-refractivity contribution < 1.29 is 23.0 Å². The van der Waals surface area contributed by atoms with Gasteiger partial charge in [0.05, 0.1) is 19.0 Å². The Kier molecular flexibility index (Phi) is 4.53. The molecule has 2 aromatic rings. The van der Waals surface area contributed by atoms with Gasteiger partial charge < -0.3 is 14.4 Å². The molecule has 0 saturated heterocycles. The molecule has 118 valence electrons. The van der Waals surface area contributed by atoms with Gasteiger partial charge in [-0.1, -0.05) is 12.1 Å². The molecule has 0 bridgehead atoms. The summed E-state index contributed by atoms with van der Waals surface area (Å²) in [6.07, 6.45) is -4.64. The van der Waals surface area contributed by atoms with Gasteiger partial charge in [0.2, 0.25) is 0 Å². The van der Waals surface area contributed by atoms with Crippen LogP contribution in [-0.2, 0) is 6.54 Å². The Morgan fingerprint density at radius 2 is 1.87 bits per heavy atom. The van der Waals surface area contributed by atoms with Crippen molar-refractivity contribution in [3.63, 3.8) is 0 Å². The molecule has 0 aliphatic heterocycles. The van der Waals surface area contributed by atoms with E-state index in [0.29, 0.717) is 5.56 Å². The van der Waals surface area contributed by atoms with Crippen molar-refractivity contribution in [2.45, 2.75) is 19.0 Å². The molecule has 0 saturated carbocycles. The minimum absolute atomic E-state index is 0.00331. The number of aliphatic hydroxyl groups is 1. The Hall–Kier alpha value is -3.04. The van der Waals surface area contributed by atoms with E-state index in [2.05, 4.69) is 9.72 Å². The summed E-state index contributed by atoms with van der Waals surface area (Å²) in [6.45, 7) is -0.0724. The molecule has 1 unspecified atom stereocenters. The second-order valence-corrected chi connectivity index (χ2v) is 4.45. The van der Waals surface area contributed by atoms with Crippen LogP contribution in [0.25, 0.3) is 0 Å². The molecular formula is C14H9F3N4O2. The maximum atomic E-state index is 12.1. The van der Waals surface area contributed by atoms with E-state index in [0.717, 1.165) is 12.1 Å². The van der Waals surface area contributed by atoms with E-state index in [-0.39, 0.29) is 17.9 Å². The number of nitrogens with zero attached hydrogens (tertiary/aromatic N) is 4. The number of imidazole rings is 1. The molecule has 23 heavy (non-hydrogen) atoms. The lowest BCUT2D eigenvalue weighted by molar-refractivity contribution is -0.274. The minimum Gasteiger partial charge on any atom is -0.406 e. The maximum Gasteiger partial charge on any atom is 0.573 e. The zero-order valence-corrected chi connectivity index (χ0v) is 11.4. The number of halogens is 3. The van der Waals surface area contributed by atoms with Crippen LogP contribution in [0, 0.1) is 22.7 Å². The highest BCUT2D eigenvalue weighted by molar-refractivity contribution is 5.36. The fraction of sp³-hybridized carbons (Fsp3) is 0.214. The fourth-order valence-corrected chi connectivity index (χ4v) is 1.90. The summed E-state index contributed by atoms with van der Waals surface area (Å²) in [5, 5.41) is 27.9. The van der Waals surface area contributed by atoms with Gasteiger partial charge in [0, 0.05) is 0 Å². The fourth-order valence-electron chi connectivity index (χ4n) is 1.90. The van der Waals surface area contributed by atoms with Crippen LogP contribution >= 0.6 is 0 Å². The largest absolute Gasteiger partial charge is 0.573 e. The van der Waals surface area contributed by atoms with E-state index in [4.69, 9.17) is 10.5 Å². The van der Waals surface area contributed by atoms with Gasteiger partial charge in [0.1, 0.15) is 17.9 Å². The third-order valence-electron chi connectivity index (χ3n) is 2.92. The van der Waals surface area contributed by atoms with Crippen LogP contribution in [0.5, 0.6) is 5.75 Å². The highest BCUT2D eigenvalue weighted by Gasteiger charge is 2.31. The Morgan fingerprint density at radius 1 is 1.22 bits per heavy atom. The zero-order chi connectivity index (χ0) is 17.0. The first-order chi connectivity index (χ1) is 10.8. The van der Waals surface area contributed by atoms with Crippen molar-refractivity contribution in [2.75, 3.05) is 0 Å². The third kappa shape index (κ3) is 3.99. The summed E-state index contributed by atoms with van der Waals surface area (Å²) < 4.78 is 41.2. The molecule has 0 aliphatic carbocycles. The molecule has 0 amide bonds. The Balaban J connectivity index is 2.13. The van der Waals surface area contributed by atoms with Gasteiger partial charge >= 0.3 is 6.36 Å². The van der Waals surface area contributed by atoms with Crippen molar-refractivity contribution in [1.82, 2.24) is 9.55 Å². The Labute approximate surface area is 128 Å². The van der Waals surface area contributed by atoms with Gasteiger partial charge in [-0.3, -0.25) is 0 Å². The van der Waals surface area contributed by atoms with Crippen LogP contribution in [-0.4, -0.2) is 21.0 Å². The van der Waals surface area contributed by atoms with Crippen LogP contribution < -0.4 is 4.74 Å². The number of hydrogen-bond acceptors (Lipinski definition) is 5. The predicted molar refractivity (Wildman–Crippen MR) is 69.7 cm³/mol. The lowest BCUT2D eigenvalue weighted by atomic mass is 10.1. The number of nitriles is 2. The van der Waals surface area contributed by atoms with Gasteiger partial charge in [-0.2, -0.15) is 10.5 Å². The molecular weight excluding hydrogens is 313 g/mol. The van der Waals surface area contributed by atoms with Crippen LogP contribution in [0.15, 0.2) is 30.6 Å². The first-order valence-electron chi connectivity index (χ1n) is 6.23. The van der Waals surface area contributed by atoms with Crippen LogP contribution in [0.3, 0.4) is 0 Å². The molecule has 1 aromatic heterocycles. The molecule has 1 atom stereocenters. The van der Waals surface area contributed by atoms with Crippen molar-refractivity contribution in [2.24, 2.45) is 0 Å². The van der Waals surface area contributed by atoms with E-state index >= 15 is 0 Å². The van der Waals surface area contributed by atoms with E-state index in [1.165, 1.54) is 23.0 Å². The Morgan fingerprint density at radius 3 is 2.39 bits per heavy atom. The summed E-state index contributed by atoms with van der Waals surface area (Å²) in [7, 11) is 0. The van der Waals surface area contributed by atoms with Gasteiger partial charge in [-0.05, 0) is 17.7 Å². The summed E-state index contributed by atoms with van der Waals surface area (Å²) >= 11 is 0. The quantitative estimate of drug-likeness (QED) is 0.931. The van der Waals surface area contributed by atoms with E-state index in [9.17, 15) is 18.3 Å². The summed E-state index contributed by atoms with van der Waals surface area (Å²) in [6, 6.07) is 8.26.